The van der Waals surface area contributed by atoms with Gasteiger partial charge in [0, 0.05) is 12.6 Å². The molecule has 0 amide bonds. The van der Waals surface area contributed by atoms with E-state index in [0.717, 1.165) is 30.4 Å². The van der Waals surface area contributed by atoms with Crippen LogP contribution in [-0.2, 0) is 4.74 Å². The number of hydrogen-bond acceptors (Lipinski definition) is 2. The summed E-state index contributed by atoms with van der Waals surface area (Å²) >= 11 is 0. The summed E-state index contributed by atoms with van der Waals surface area (Å²) in [7, 11) is 0. The zero-order valence-corrected chi connectivity index (χ0v) is 11.5. The van der Waals surface area contributed by atoms with Gasteiger partial charge in [0.05, 0.1) is 5.60 Å². The Morgan fingerprint density at radius 3 is 2.22 bits per heavy atom. The highest BCUT2D eigenvalue weighted by Gasteiger charge is 2.51. The molecule has 0 aromatic carbocycles. The van der Waals surface area contributed by atoms with E-state index in [1.807, 2.05) is 0 Å². The maximum Gasteiger partial charge on any atom is 0.0690 e. The topological polar surface area (TPSA) is 21.3 Å². The Morgan fingerprint density at radius 1 is 1.00 bits per heavy atom. The lowest BCUT2D eigenvalue weighted by atomic mass is 9.54. The Kier molecular flexibility index (Phi) is 2.92. The first-order chi connectivity index (χ1) is 8.81. The number of hydrogen-bond donors (Lipinski definition) is 1. The van der Waals surface area contributed by atoms with Crippen LogP contribution in [0.5, 0.6) is 0 Å². The van der Waals surface area contributed by atoms with Crippen molar-refractivity contribution in [3.63, 3.8) is 0 Å². The molecule has 0 radical (unpaired) electrons. The van der Waals surface area contributed by atoms with Gasteiger partial charge >= 0.3 is 0 Å². The fourth-order valence-corrected chi connectivity index (χ4v) is 5.63. The largest absolute Gasteiger partial charge is 0.375 e. The fourth-order valence-electron chi connectivity index (χ4n) is 5.63. The highest BCUT2D eigenvalue weighted by Crippen LogP contribution is 2.57. The van der Waals surface area contributed by atoms with Crippen LogP contribution in [0, 0.1) is 17.8 Å². The van der Waals surface area contributed by atoms with E-state index in [9.17, 15) is 0 Å². The molecule has 4 aliphatic carbocycles. The van der Waals surface area contributed by atoms with Crippen LogP contribution in [0.3, 0.4) is 0 Å². The normalized spacial score (nSPS) is 50.0. The van der Waals surface area contributed by atoms with Gasteiger partial charge in [-0.3, -0.25) is 0 Å². The average Bonchev–Trinajstić information content (AvgIpc) is 2.79. The van der Waals surface area contributed by atoms with E-state index in [-0.39, 0.29) is 0 Å². The Balaban J connectivity index is 1.33. The molecule has 5 rings (SSSR count). The zero-order valence-electron chi connectivity index (χ0n) is 11.5. The summed E-state index contributed by atoms with van der Waals surface area (Å²) in [5, 5.41) is 3.59. The molecule has 5 aliphatic rings. The molecule has 1 atom stereocenters. The van der Waals surface area contributed by atoms with Gasteiger partial charge in [-0.1, -0.05) is 0 Å². The minimum Gasteiger partial charge on any atom is -0.375 e. The van der Waals surface area contributed by atoms with E-state index in [2.05, 4.69) is 5.32 Å². The first kappa shape index (κ1) is 11.7. The van der Waals surface area contributed by atoms with Crippen molar-refractivity contribution in [1.29, 1.82) is 0 Å². The van der Waals surface area contributed by atoms with Gasteiger partial charge in [-0.15, -0.1) is 0 Å². The van der Waals surface area contributed by atoms with E-state index in [1.54, 1.807) is 0 Å². The van der Waals surface area contributed by atoms with Gasteiger partial charge in [-0.2, -0.15) is 0 Å². The van der Waals surface area contributed by atoms with Crippen LogP contribution in [0.25, 0.3) is 0 Å². The van der Waals surface area contributed by atoms with Gasteiger partial charge in [0.15, 0.2) is 0 Å². The summed E-state index contributed by atoms with van der Waals surface area (Å²) in [4.78, 5) is 0. The highest BCUT2D eigenvalue weighted by molar-refractivity contribution is 5.03. The summed E-state index contributed by atoms with van der Waals surface area (Å²) in [6, 6.07) is 0.749. The van der Waals surface area contributed by atoms with Crippen molar-refractivity contribution in [2.75, 3.05) is 13.2 Å². The van der Waals surface area contributed by atoms with E-state index in [0.29, 0.717) is 5.60 Å². The first-order valence-corrected chi connectivity index (χ1v) is 8.19. The summed E-state index contributed by atoms with van der Waals surface area (Å²) in [6.45, 7) is 2.23. The lowest BCUT2D eigenvalue weighted by Crippen LogP contribution is -2.52. The van der Waals surface area contributed by atoms with Gasteiger partial charge in [0.1, 0.15) is 0 Å². The van der Waals surface area contributed by atoms with Crippen molar-refractivity contribution < 1.29 is 4.74 Å². The van der Waals surface area contributed by atoms with Crippen molar-refractivity contribution in [3.05, 3.63) is 0 Å². The first-order valence-electron chi connectivity index (χ1n) is 8.19. The molecule has 1 saturated heterocycles. The molecule has 5 fully saturated rings. The predicted octanol–water partition coefficient (Wildman–Crippen LogP) is 3.11. The monoisotopic (exact) mass is 249 g/mol. The second-order valence-corrected chi connectivity index (χ2v) is 7.53. The smallest absolute Gasteiger partial charge is 0.0690 e. The van der Waals surface area contributed by atoms with E-state index >= 15 is 0 Å². The van der Waals surface area contributed by atoms with E-state index in [1.165, 1.54) is 64.3 Å². The van der Waals surface area contributed by atoms with Gasteiger partial charge in [-0.25, -0.2) is 0 Å². The highest BCUT2D eigenvalue weighted by atomic mass is 16.5. The third kappa shape index (κ3) is 2.12. The zero-order chi connectivity index (χ0) is 12.0. The molecule has 4 bridgehead atoms. The molecule has 0 aromatic heterocycles. The fraction of sp³-hybridized carbons (Fsp3) is 1.00. The van der Waals surface area contributed by atoms with Crippen LogP contribution in [-0.4, -0.2) is 24.8 Å². The molecule has 18 heavy (non-hydrogen) atoms. The van der Waals surface area contributed by atoms with Crippen LogP contribution in [0.15, 0.2) is 0 Å². The Labute approximate surface area is 111 Å². The Morgan fingerprint density at radius 2 is 1.67 bits per heavy atom. The molecule has 1 N–H and O–H groups in total. The Hall–Kier alpha value is -0.0800. The van der Waals surface area contributed by atoms with Gasteiger partial charge in [0.2, 0.25) is 0 Å². The average molecular weight is 249 g/mol. The van der Waals surface area contributed by atoms with Crippen molar-refractivity contribution in [1.82, 2.24) is 5.32 Å². The second-order valence-electron chi connectivity index (χ2n) is 7.53. The predicted molar refractivity (Wildman–Crippen MR) is 72.5 cm³/mol. The second kappa shape index (κ2) is 4.49. The van der Waals surface area contributed by atoms with Crippen molar-refractivity contribution >= 4 is 0 Å². The van der Waals surface area contributed by atoms with Crippen LogP contribution >= 0.6 is 0 Å². The van der Waals surface area contributed by atoms with Gasteiger partial charge in [-0.05, 0) is 82.1 Å². The lowest BCUT2D eigenvalue weighted by molar-refractivity contribution is -0.163. The van der Waals surface area contributed by atoms with Gasteiger partial charge < -0.3 is 10.1 Å². The molecular weight excluding hydrogens is 222 g/mol. The number of nitrogens with one attached hydrogen (secondary N) is 1. The molecule has 0 spiro atoms. The van der Waals surface area contributed by atoms with Crippen LogP contribution in [0.1, 0.15) is 57.8 Å². The summed E-state index contributed by atoms with van der Waals surface area (Å²) < 4.78 is 6.46. The Bertz CT molecular complexity index is 273. The molecule has 1 heterocycles. The van der Waals surface area contributed by atoms with Crippen LogP contribution < -0.4 is 5.32 Å². The summed E-state index contributed by atoms with van der Waals surface area (Å²) in [6.07, 6.45) is 12.7. The molecule has 4 saturated carbocycles. The summed E-state index contributed by atoms with van der Waals surface area (Å²) in [5.41, 5.74) is 0.327. The molecule has 2 heteroatoms. The maximum absolute atomic E-state index is 6.46. The van der Waals surface area contributed by atoms with E-state index in [4.69, 9.17) is 4.74 Å². The molecule has 102 valence electrons. The standard InChI is InChI=1S/C16H27NO/c1-2-15(17-4-1)3-5-18-16-9-12-6-13(10-16)8-14(7-12)11-16/h12-15,17H,1-11H2. The third-order valence-corrected chi connectivity index (χ3v) is 6.02. The number of rotatable bonds is 4. The number of ether oxygens (including phenoxy) is 1. The van der Waals surface area contributed by atoms with Crippen LogP contribution in [0.2, 0.25) is 0 Å². The minimum absolute atomic E-state index is 0.327. The molecular formula is C16H27NO. The molecule has 2 nitrogen and oxygen atoms in total. The van der Waals surface area contributed by atoms with Crippen molar-refractivity contribution in [3.8, 4) is 0 Å². The van der Waals surface area contributed by atoms with E-state index < -0.39 is 0 Å². The van der Waals surface area contributed by atoms with Crippen molar-refractivity contribution in [2.24, 2.45) is 17.8 Å². The minimum atomic E-state index is 0.327. The SMILES string of the molecule is C1CNC(CCOC23CC4CC(CC(C4)C2)C3)C1. The molecule has 1 aliphatic heterocycles. The quantitative estimate of drug-likeness (QED) is 0.826. The lowest BCUT2D eigenvalue weighted by Gasteiger charge is -2.56. The van der Waals surface area contributed by atoms with Crippen molar-refractivity contribution in [2.45, 2.75) is 69.4 Å². The molecule has 1 unspecified atom stereocenters. The van der Waals surface area contributed by atoms with Crippen LogP contribution in [0.4, 0.5) is 0 Å². The third-order valence-electron chi connectivity index (χ3n) is 6.02. The van der Waals surface area contributed by atoms with Gasteiger partial charge in [0.25, 0.3) is 0 Å². The maximum atomic E-state index is 6.46. The molecule has 0 aromatic rings. The summed E-state index contributed by atoms with van der Waals surface area (Å²) in [5.74, 6) is 3.04.